The molecule has 16 heavy (non-hydrogen) atoms. The zero-order valence-electron chi connectivity index (χ0n) is 10.1. The molecule has 0 saturated heterocycles. The first-order chi connectivity index (χ1) is 7.63. The molecule has 0 aliphatic heterocycles. The van der Waals surface area contributed by atoms with Crippen LogP contribution in [0.15, 0.2) is 4.42 Å². The summed E-state index contributed by atoms with van der Waals surface area (Å²) >= 11 is 0. The second kappa shape index (κ2) is 6.25. The molecule has 0 aliphatic carbocycles. The van der Waals surface area contributed by atoms with Gasteiger partial charge in [-0.2, -0.15) is 0 Å². The fraction of sp³-hybridized carbons (Fsp3) is 0.727. The first-order valence-corrected chi connectivity index (χ1v) is 5.72. The van der Waals surface area contributed by atoms with Gasteiger partial charge in [0.1, 0.15) is 0 Å². The Bertz CT molecular complexity index is 334. The molecule has 0 saturated carbocycles. The standard InChI is InChI=1S/C11H19N3O2/c1-4-5-6-9(15)12-7-10-13-14-11(16-10)8(2)3/h8H,4-7H2,1-3H3,(H,12,15). The van der Waals surface area contributed by atoms with E-state index in [0.717, 1.165) is 12.8 Å². The molecule has 1 heterocycles. The summed E-state index contributed by atoms with van der Waals surface area (Å²) in [6, 6.07) is 0. The van der Waals surface area contributed by atoms with Gasteiger partial charge in [0.2, 0.25) is 17.7 Å². The lowest BCUT2D eigenvalue weighted by Gasteiger charge is -2.00. The number of hydrogen-bond donors (Lipinski definition) is 1. The number of carbonyl (C=O) groups excluding carboxylic acids is 1. The predicted octanol–water partition coefficient (Wildman–Crippen LogP) is 2.00. The van der Waals surface area contributed by atoms with Crippen molar-refractivity contribution in [2.45, 2.75) is 52.5 Å². The Balaban J connectivity index is 2.33. The summed E-state index contributed by atoms with van der Waals surface area (Å²) in [4.78, 5) is 11.3. The van der Waals surface area contributed by atoms with Crippen LogP contribution in [-0.4, -0.2) is 16.1 Å². The molecule has 1 amide bonds. The zero-order valence-corrected chi connectivity index (χ0v) is 10.1. The molecule has 0 radical (unpaired) electrons. The smallest absolute Gasteiger partial charge is 0.235 e. The second-order valence-corrected chi connectivity index (χ2v) is 4.07. The molecule has 90 valence electrons. The minimum Gasteiger partial charge on any atom is -0.423 e. The first-order valence-electron chi connectivity index (χ1n) is 5.72. The van der Waals surface area contributed by atoms with Crippen LogP contribution in [0, 0.1) is 0 Å². The van der Waals surface area contributed by atoms with Gasteiger partial charge < -0.3 is 9.73 Å². The van der Waals surface area contributed by atoms with Crippen molar-refractivity contribution in [1.82, 2.24) is 15.5 Å². The molecule has 1 aromatic rings. The van der Waals surface area contributed by atoms with Crippen molar-refractivity contribution in [2.75, 3.05) is 0 Å². The molecule has 0 aromatic carbocycles. The third kappa shape index (κ3) is 4.00. The highest BCUT2D eigenvalue weighted by molar-refractivity contribution is 5.75. The molecule has 0 bridgehead atoms. The molecule has 0 aliphatic rings. The summed E-state index contributed by atoms with van der Waals surface area (Å²) in [5.41, 5.74) is 0. The van der Waals surface area contributed by atoms with Crippen molar-refractivity contribution >= 4 is 5.91 Å². The number of aromatic nitrogens is 2. The summed E-state index contributed by atoms with van der Waals surface area (Å²) in [7, 11) is 0. The zero-order chi connectivity index (χ0) is 12.0. The van der Waals surface area contributed by atoms with Crippen LogP contribution in [0.4, 0.5) is 0 Å². The Labute approximate surface area is 95.6 Å². The van der Waals surface area contributed by atoms with Gasteiger partial charge in [-0.3, -0.25) is 4.79 Å². The quantitative estimate of drug-likeness (QED) is 0.804. The maximum atomic E-state index is 11.3. The largest absolute Gasteiger partial charge is 0.423 e. The fourth-order valence-corrected chi connectivity index (χ4v) is 1.17. The van der Waals surface area contributed by atoms with Gasteiger partial charge in [-0.05, 0) is 6.42 Å². The van der Waals surface area contributed by atoms with Crippen molar-refractivity contribution in [2.24, 2.45) is 0 Å². The molecular formula is C11H19N3O2. The van der Waals surface area contributed by atoms with Crippen molar-refractivity contribution in [1.29, 1.82) is 0 Å². The Morgan fingerprint density at radius 3 is 2.75 bits per heavy atom. The van der Waals surface area contributed by atoms with Crippen LogP contribution < -0.4 is 5.32 Å². The van der Waals surface area contributed by atoms with Crippen LogP contribution >= 0.6 is 0 Å². The van der Waals surface area contributed by atoms with Gasteiger partial charge in [0, 0.05) is 12.3 Å². The normalized spacial score (nSPS) is 10.8. The average Bonchev–Trinajstić information content (AvgIpc) is 2.72. The number of nitrogens with one attached hydrogen (secondary N) is 1. The number of amides is 1. The van der Waals surface area contributed by atoms with E-state index >= 15 is 0 Å². The molecule has 0 spiro atoms. The maximum Gasteiger partial charge on any atom is 0.235 e. The van der Waals surface area contributed by atoms with Crippen LogP contribution in [0.5, 0.6) is 0 Å². The summed E-state index contributed by atoms with van der Waals surface area (Å²) < 4.78 is 5.36. The van der Waals surface area contributed by atoms with E-state index in [0.29, 0.717) is 24.7 Å². The number of carbonyl (C=O) groups is 1. The Morgan fingerprint density at radius 1 is 1.44 bits per heavy atom. The minimum absolute atomic E-state index is 0.0335. The van der Waals surface area contributed by atoms with Crippen LogP contribution in [0.1, 0.15) is 57.7 Å². The molecular weight excluding hydrogens is 206 g/mol. The number of nitrogens with zero attached hydrogens (tertiary/aromatic N) is 2. The topological polar surface area (TPSA) is 68.0 Å². The van der Waals surface area contributed by atoms with Crippen LogP contribution in [0.2, 0.25) is 0 Å². The Kier molecular flexibility index (Phi) is 4.95. The Hall–Kier alpha value is -1.39. The van der Waals surface area contributed by atoms with Gasteiger partial charge in [-0.25, -0.2) is 0 Å². The van der Waals surface area contributed by atoms with Gasteiger partial charge in [0.05, 0.1) is 6.54 Å². The molecule has 1 aromatic heterocycles. The van der Waals surface area contributed by atoms with E-state index in [1.54, 1.807) is 0 Å². The summed E-state index contributed by atoms with van der Waals surface area (Å²) in [6.07, 6.45) is 2.49. The van der Waals surface area contributed by atoms with Crippen LogP contribution in [-0.2, 0) is 11.3 Å². The molecule has 1 N–H and O–H groups in total. The van der Waals surface area contributed by atoms with Gasteiger partial charge in [0.15, 0.2) is 0 Å². The molecule has 1 rings (SSSR count). The van der Waals surface area contributed by atoms with E-state index < -0.39 is 0 Å². The lowest BCUT2D eigenvalue weighted by molar-refractivity contribution is -0.121. The summed E-state index contributed by atoms with van der Waals surface area (Å²) in [6.45, 7) is 6.34. The van der Waals surface area contributed by atoms with E-state index in [1.165, 1.54) is 0 Å². The van der Waals surface area contributed by atoms with E-state index in [9.17, 15) is 4.79 Å². The van der Waals surface area contributed by atoms with Crippen molar-refractivity contribution < 1.29 is 9.21 Å². The van der Waals surface area contributed by atoms with Gasteiger partial charge >= 0.3 is 0 Å². The highest BCUT2D eigenvalue weighted by atomic mass is 16.4. The second-order valence-electron chi connectivity index (χ2n) is 4.07. The number of unbranched alkanes of at least 4 members (excludes halogenated alkanes) is 1. The molecule has 0 unspecified atom stereocenters. The van der Waals surface area contributed by atoms with Gasteiger partial charge in [-0.1, -0.05) is 27.2 Å². The van der Waals surface area contributed by atoms with Crippen LogP contribution in [0.3, 0.4) is 0 Å². The monoisotopic (exact) mass is 225 g/mol. The summed E-state index contributed by atoms with van der Waals surface area (Å²) in [5, 5.41) is 10.5. The predicted molar refractivity (Wildman–Crippen MR) is 59.8 cm³/mol. The van der Waals surface area contributed by atoms with E-state index in [4.69, 9.17) is 4.42 Å². The van der Waals surface area contributed by atoms with Crippen LogP contribution in [0.25, 0.3) is 0 Å². The Morgan fingerprint density at radius 2 is 2.19 bits per heavy atom. The molecule has 5 heteroatoms. The van der Waals surface area contributed by atoms with E-state index in [2.05, 4.69) is 22.4 Å². The van der Waals surface area contributed by atoms with Gasteiger partial charge in [-0.15, -0.1) is 10.2 Å². The van der Waals surface area contributed by atoms with E-state index in [-0.39, 0.29) is 11.8 Å². The molecule has 0 atom stereocenters. The average molecular weight is 225 g/mol. The fourth-order valence-electron chi connectivity index (χ4n) is 1.17. The van der Waals surface area contributed by atoms with Crippen molar-refractivity contribution in [3.05, 3.63) is 11.8 Å². The SMILES string of the molecule is CCCCC(=O)NCc1nnc(C(C)C)o1. The van der Waals surface area contributed by atoms with Gasteiger partial charge in [0.25, 0.3) is 0 Å². The van der Waals surface area contributed by atoms with Crippen molar-refractivity contribution in [3.63, 3.8) is 0 Å². The maximum absolute atomic E-state index is 11.3. The van der Waals surface area contributed by atoms with Crippen molar-refractivity contribution in [3.8, 4) is 0 Å². The number of rotatable bonds is 6. The first kappa shape index (κ1) is 12.7. The molecule has 5 nitrogen and oxygen atoms in total. The van der Waals surface area contributed by atoms with E-state index in [1.807, 2.05) is 13.8 Å². The highest BCUT2D eigenvalue weighted by Crippen LogP contribution is 2.11. The third-order valence-electron chi connectivity index (χ3n) is 2.17. The summed E-state index contributed by atoms with van der Waals surface area (Å²) in [5.74, 6) is 1.33. The number of hydrogen-bond acceptors (Lipinski definition) is 4. The lowest BCUT2D eigenvalue weighted by Crippen LogP contribution is -2.22. The third-order valence-corrected chi connectivity index (χ3v) is 2.17. The minimum atomic E-state index is 0.0335. The highest BCUT2D eigenvalue weighted by Gasteiger charge is 2.10. The lowest BCUT2D eigenvalue weighted by atomic mass is 10.2. The molecule has 0 fully saturated rings.